The highest BCUT2D eigenvalue weighted by Gasteiger charge is 2.32. The molecule has 2 N–H and O–H groups in total. The zero-order valence-corrected chi connectivity index (χ0v) is 19.1. The van der Waals surface area contributed by atoms with E-state index in [1.165, 1.54) is 22.3 Å². The average molecular weight is 445 g/mol. The van der Waals surface area contributed by atoms with Crippen molar-refractivity contribution in [3.8, 4) is 5.75 Å². The first-order chi connectivity index (χ1) is 16.2. The van der Waals surface area contributed by atoms with Gasteiger partial charge < -0.3 is 15.3 Å². The molecule has 0 radical (unpaired) electrons. The molecule has 1 aliphatic heterocycles. The van der Waals surface area contributed by atoms with Gasteiger partial charge in [0.25, 0.3) is 0 Å². The number of nitrogens with one attached hydrogen (secondary N) is 1. The third-order valence-corrected chi connectivity index (χ3v) is 7.43. The largest absolute Gasteiger partial charge is 0.508 e. The number of hydrogen-bond donors (Lipinski definition) is 2. The Balaban J connectivity index is 1.32. The number of anilines is 1. The summed E-state index contributed by atoms with van der Waals surface area (Å²) < 4.78 is 12.8. The van der Waals surface area contributed by atoms with Crippen LogP contribution >= 0.6 is 0 Å². The van der Waals surface area contributed by atoms with Gasteiger partial charge in [-0.05, 0) is 78.2 Å². The van der Waals surface area contributed by atoms with Crippen molar-refractivity contribution >= 4 is 5.69 Å². The molecule has 3 aromatic rings. The van der Waals surface area contributed by atoms with E-state index in [0.717, 1.165) is 51.1 Å². The number of halogens is 1. The molecule has 1 aliphatic carbocycles. The van der Waals surface area contributed by atoms with Crippen LogP contribution in [0.1, 0.15) is 46.9 Å². The number of alkyl halides is 1. The van der Waals surface area contributed by atoms with Crippen molar-refractivity contribution in [2.45, 2.75) is 31.1 Å². The fourth-order valence-electron chi connectivity index (χ4n) is 5.69. The molecule has 5 rings (SSSR count). The van der Waals surface area contributed by atoms with Gasteiger partial charge >= 0.3 is 0 Å². The van der Waals surface area contributed by atoms with Gasteiger partial charge in [-0.25, -0.2) is 0 Å². The second-order valence-electron chi connectivity index (χ2n) is 9.58. The van der Waals surface area contributed by atoms with Gasteiger partial charge in [0.1, 0.15) is 5.75 Å². The lowest BCUT2D eigenvalue weighted by Gasteiger charge is -2.35. The van der Waals surface area contributed by atoms with Crippen molar-refractivity contribution in [3.05, 3.63) is 95.1 Å². The number of likely N-dealkylation sites (tertiary alicyclic amines) is 1. The number of aromatic hydroxyl groups is 1. The number of phenolic OH excluding ortho intramolecular Hbond substituents is 1. The highest BCUT2D eigenvalue weighted by molar-refractivity contribution is 5.51. The summed E-state index contributed by atoms with van der Waals surface area (Å²) in [6, 6.07) is 25.5. The third kappa shape index (κ3) is 4.91. The summed E-state index contributed by atoms with van der Waals surface area (Å²) in [4.78, 5) is 2.35. The zero-order valence-electron chi connectivity index (χ0n) is 19.1. The molecule has 0 spiro atoms. The SMILES string of the molecule is Oc1ccc2c(c1)CC[C@H](c1ccccc1)[C@@H]2c1ccc(NCCN2CC[C@@H](CF)C2)cc1. The third-order valence-electron chi connectivity index (χ3n) is 7.43. The molecule has 33 heavy (non-hydrogen) atoms. The van der Waals surface area contributed by atoms with Crippen LogP contribution in [0.3, 0.4) is 0 Å². The van der Waals surface area contributed by atoms with E-state index in [4.69, 9.17) is 0 Å². The molecule has 172 valence electrons. The highest BCUT2D eigenvalue weighted by atomic mass is 19.1. The molecule has 1 saturated heterocycles. The zero-order chi connectivity index (χ0) is 22.6. The van der Waals surface area contributed by atoms with Gasteiger partial charge in [0, 0.05) is 37.2 Å². The van der Waals surface area contributed by atoms with Crippen molar-refractivity contribution < 1.29 is 9.50 Å². The first-order valence-electron chi connectivity index (χ1n) is 12.2. The van der Waals surface area contributed by atoms with Crippen LogP contribution < -0.4 is 5.32 Å². The molecule has 0 amide bonds. The van der Waals surface area contributed by atoms with Gasteiger partial charge in [0.05, 0.1) is 6.67 Å². The van der Waals surface area contributed by atoms with Gasteiger partial charge in [0.15, 0.2) is 0 Å². The molecule has 3 nitrogen and oxygen atoms in total. The maximum absolute atomic E-state index is 12.8. The van der Waals surface area contributed by atoms with Crippen LogP contribution in [0.15, 0.2) is 72.8 Å². The Morgan fingerprint density at radius 1 is 0.939 bits per heavy atom. The molecule has 0 unspecified atom stereocenters. The van der Waals surface area contributed by atoms with Crippen molar-refractivity contribution in [1.82, 2.24) is 4.90 Å². The van der Waals surface area contributed by atoms with Crippen LogP contribution in [-0.2, 0) is 6.42 Å². The summed E-state index contributed by atoms with van der Waals surface area (Å²) in [5.74, 6) is 1.26. The Hall–Kier alpha value is -2.85. The van der Waals surface area contributed by atoms with E-state index < -0.39 is 0 Å². The number of benzene rings is 3. The quantitative estimate of drug-likeness (QED) is 0.472. The lowest BCUT2D eigenvalue weighted by molar-refractivity contribution is 0.311. The standard InChI is InChI=1S/C29H33FN2O/c30-19-21-14-16-32(20-21)17-15-31-25-9-6-23(7-10-25)29-27(22-4-2-1-3-5-22)12-8-24-18-26(33)11-13-28(24)29/h1-7,9-11,13,18,21,27,29,31,33H,8,12,14-17,19-20H2/t21-,27+,29-/m0/s1. The summed E-state index contributed by atoms with van der Waals surface area (Å²) >= 11 is 0. The molecule has 3 aromatic carbocycles. The molecule has 0 saturated carbocycles. The van der Waals surface area contributed by atoms with Crippen LogP contribution in [0.5, 0.6) is 5.75 Å². The number of rotatable bonds is 7. The Morgan fingerprint density at radius 2 is 1.76 bits per heavy atom. The number of nitrogens with zero attached hydrogens (tertiary/aromatic N) is 1. The Kier molecular flexibility index (Phi) is 6.63. The monoisotopic (exact) mass is 444 g/mol. The van der Waals surface area contributed by atoms with Gasteiger partial charge in [-0.3, -0.25) is 4.39 Å². The normalized spacial score (nSPS) is 22.8. The first kappa shape index (κ1) is 22.0. The Bertz CT molecular complexity index is 1050. The van der Waals surface area contributed by atoms with Crippen molar-refractivity contribution in [2.24, 2.45) is 5.92 Å². The molecule has 4 heteroatoms. The summed E-state index contributed by atoms with van der Waals surface area (Å²) in [5, 5.41) is 13.6. The van der Waals surface area contributed by atoms with Crippen LogP contribution in [0.4, 0.5) is 10.1 Å². The Labute approximate surface area is 196 Å². The molecule has 0 bridgehead atoms. The van der Waals surface area contributed by atoms with Crippen LogP contribution in [0.25, 0.3) is 0 Å². The van der Waals surface area contributed by atoms with Crippen LogP contribution in [0.2, 0.25) is 0 Å². The predicted molar refractivity (Wildman–Crippen MR) is 133 cm³/mol. The van der Waals surface area contributed by atoms with Crippen LogP contribution in [0, 0.1) is 5.92 Å². The van der Waals surface area contributed by atoms with E-state index >= 15 is 0 Å². The van der Waals surface area contributed by atoms with Crippen molar-refractivity contribution in [1.29, 1.82) is 0 Å². The van der Waals surface area contributed by atoms with Gasteiger partial charge in [-0.2, -0.15) is 0 Å². The van der Waals surface area contributed by atoms with Crippen molar-refractivity contribution in [2.75, 3.05) is 38.2 Å². The predicted octanol–water partition coefficient (Wildman–Crippen LogP) is 5.96. The molecule has 1 heterocycles. The summed E-state index contributed by atoms with van der Waals surface area (Å²) in [6.45, 7) is 3.52. The molecule has 0 aromatic heterocycles. The highest BCUT2D eigenvalue weighted by Crippen LogP contribution is 2.47. The fraction of sp³-hybridized carbons (Fsp3) is 0.379. The topological polar surface area (TPSA) is 35.5 Å². The lowest BCUT2D eigenvalue weighted by atomic mass is 9.69. The van der Waals surface area contributed by atoms with E-state index in [1.54, 1.807) is 0 Å². The molecule has 1 fully saturated rings. The van der Waals surface area contributed by atoms with Crippen LogP contribution in [-0.4, -0.2) is 42.9 Å². The average Bonchev–Trinajstić information content (AvgIpc) is 3.32. The van der Waals surface area contributed by atoms with Gasteiger partial charge in [-0.15, -0.1) is 0 Å². The van der Waals surface area contributed by atoms with Crippen molar-refractivity contribution in [3.63, 3.8) is 0 Å². The maximum atomic E-state index is 12.8. The number of hydrogen-bond acceptors (Lipinski definition) is 3. The second-order valence-corrected chi connectivity index (χ2v) is 9.58. The lowest BCUT2D eigenvalue weighted by Crippen LogP contribution is -2.27. The summed E-state index contributed by atoms with van der Waals surface area (Å²) in [7, 11) is 0. The van der Waals surface area contributed by atoms with Gasteiger partial charge in [0.2, 0.25) is 0 Å². The second kappa shape index (κ2) is 9.96. The van der Waals surface area contributed by atoms with E-state index in [0.29, 0.717) is 11.7 Å². The minimum absolute atomic E-state index is 0.195. The maximum Gasteiger partial charge on any atom is 0.115 e. The molecular weight excluding hydrogens is 411 g/mol. The van der Waals surface area contributed by atoms with E-state index in [1.807, 2.05) is 12.1 Å². The summed E-state index contributed by atoms with van der Waals surface area (Å²) in [5.41, 5.74) is 6.39. The smallest absolute Gasteiger partial charge is 0.115 e. The number of fused-ring (bicyclic) bond motifs is 1. The van der Waals surface area contributed by atoms with E-state index in [9.17, 15) is 9.50 Å². The number of phenols is 1. The van der Waals surface area contributed by atoms with Gasteiger partial charge in [-0.1, -0.05) is 48.5 Å². The molecule has 2 aliphatic rings. The van der Waals surface area contributed by atoms with E-state index in [-0.39, 0.29) is 18.5 Å². The fourth-order valence-corrected chi connectivity index (χ4v) is 5.69. The summed E-state index contributed by atoms with van der Waals surface area (Å²) in [6.07, 6.45) is 3.04. The minimum Gasteiger partial charge on any atom is -0.508 e. The molecule has 3 atom stereocenters. The van der Waals surface area contributed by atoms with E-state index in [2.05, 4.69) is 70.9 Å². The Morgan fingerprint density at radius 3 is 2.52 bits per heavy atom. The first-order valence-corrected chi connectivity index (χ1v) is 12.2. The number of aryl methyl sites for hydroxylation is 1. The molecular formula is C29H33FN2O. The minimum atomic E-state index is -0.195.